The number of hydrogen-bond acceptors (Lipinski definition) is 4. The second kappa shape index (κ2) is 16.8. The predicted octanol–water partition coefficient (Wildman–Crippen LogP) is -1.94. The Morgan fingerprint density at radius 2 is 1.87 bits per heavy atom. The maximum Gasteiger partial charge on any atom is 1.00 e. The molecule has 0 heterocycles. The summed E-state index contributed by atoms with van der Waals surface area (Å²) in [4.78, 5) is 0. The van der Waals surface area contributed by atoms with Crippen LogP contribution >= 0.6 is 0 Å². The van der Waals surface area contributed by atoms with Crippen LogP contribution in [0.5, 0.6) is 0 Å². The van der Waals surface area contributed by atoms with Crippen molar-refractivity contribution in [3.63, 3.8) is 0 Å². The zero-order valence-corrected chi connectivity index (χ0v) is 12.3. The fourth-order valence-electron chi connectivity index (χ4n) is 0.840. The molecule has 15 heavy (non-hydrogen) atoms. The van der Waals surface area contributed by atoms with Gasteiger partial charge in [-0.25, -0.2) is 4.21 Å². The fraction of sp³-hybridized carbons (Fsp3) is 0.750. The topological polar surface area (TPSA) is 112 Å². The van der Waals surface area contributed by atoms with Crippen LogP contribution < -0.4 is 41.0 Å². The summed E-state index contributed by atoms with van der Waals surface area (Å²) in [6, 6.07) is 0. The van der Waals surface area contributed by atoms with Crippen LogP contribution in [0.2, 0.25) is 0 Å². The van der Waals surface area contributed by atoms with Crippen LogP contribution in [0.4, 0.5) is 0 Å². The third-order valence-corrected chi connectivity index (χ3v) is 1.44. The molecule has 7 heteroatoms. The number of unbranched alkanes of at least 4 members (excludes halogenated alkanes) is 4. The third-order valence-electron chi connectivity index (χ3n) is 1.44. The van der Waals surface area contributed by atoms with Crippen molar-refractivity contribution in [3.05, 3.63) is 11.9 Å². The first-order valence-electron chi connectivity index (χ1n) is 4.50. The van der Waals surface area contributed by atoms with Crippen LogP contribution in [0, 0.1) is 0 Å². The van der Waals surface area contributed by atoms with Crippen LogP contribution in [-0.4, -0.2) is 13.3 Å². The molecule has 0 bridgehead atoms. The molecular formula is C8H19N2NaO3S. The average Bonchev–Trinajstić information content (AvgIpc) is 2.02. The van der Waals surface area contributed by atoms with E-state index < -0.39 is 11.4 Å². The molecule has 1 unspecified atom stereocenters. The molecule has 0 radical (unpaired) electrons. The van der Waals surface area contributed by atoms with Gasteiger partial charge in [0.15, 0.2) is 0 Å². The summed E-state index contributed by atoms with van der Waals surface area (Å²) >= 11 is -2.86. The van der Waals surface area contributed by atoms with E-state index in [1.165, 1.54) is 25.7 Å². The van der Waals surface area contributed by atoms with Gasteiger partial charge in [-0.05, 0) is 18.9 Å². The first-order valence-corrected chi connectivity index (χ1v) is 5.53. The molecule has 0 spiro atoms. The Labute approximate surface area is 116 Å². The summed E-state index contributed by atoms with van der Waals surface area (Å²) in [5, 5.41) is 0. The molecule has 0 aromatic rings. The van der Waals surface area contributed by atoms with Gasteiger partial charge in [-0.1, -0.05) is 26.2 Å². The molecule has 0 aromatic heterocycles. The van der Waals surface area contributed by atoms with Crippen LogP contribution in [-0.2, 0) is 11.4 Å². The van der Waals surface area contributed by atoms with Gasteiger partial charge < -0.3 is 20.6 Å². The van der Waals surface area contributed by atoms with Crippen molar-refractivity contribution in [1.82, 2.24) is 0 Å². The average molecular weight is 246 g/mol. The zero-order valence-electron chi connectivity index (χ0n) is 9.44. The minimum atomic E-state index is -2.86. The zero-order chi connectivity index (χ0) is 11.4. The van der Waals surface area contributed by atoms with Gasteiger partial charge in [0, 0.05) is 0 Å². The summed E-state index contributed by atoms with van der Waals surface area (Å²) in [6.45, 7) is 2.20. The molecule has 0 aliphatic rings. The Kier molecular flexibility index (Phi) is 23.3. The molecule has 0 fully saturated rings. The number of hydrogen-bond donors (Lipinski definition) is 3. The first-order chi connectivity index (χ1) is 6.50. The molecule has 0 aliphatic carbocycles. The SMILES string of the molecule is CCCCCCC=C(N)N.O=S([O-])O.[Na+]. The van der Waals surface area contributed by atoms with Gasteiger partial charge in [-0.2, -0.15) is 0 Å². The van der Waals surface area contributed by atoms with E-state index in [4.69, 9.17) is 24.8 Å². The van der Waals surface area contributed by atoms with Crippen LogP contribution in [0.1, 0.15) is 39.0 Å². The second-order valence-electron chi connectivity index (χ2n) is 2.77. The molecule has 0 saturated carbocycles. The van der Waals surface area contributed by atoms with E-state index in [-0.39, 0.29) is 29.6 Å². The maximum absolute atomic E-state index is 8.56. The van der Waals surface area contributed by atoms with Gasteiger partial charge in [0.25, 0.3) is 0 Å². The summed E-state index contributed by atoms with van der Waals surface area (Å²) in [5.41, 5.74) is 10.5. The van der Waals surface area contributed by atoms with E-state index >= 15 is 0 Å². The van der Waals surface area contributed by atoms with Crippen molar-refractivity contribution in [2.24, 2.45) is 11.5 Å². The summed E-state index contributed by atoms with van der Waals surface area (Å²) in [5.74, 6) is 0.455. The standard InChI is InChI=1S/C8H18N2.Na.H2O3S/c1-2-3-4-5-6-7-8(9)10;;1-4(2)3/h7H,2-6,9-10H2,1H3;;(H2,1,2,3)/q;+1;/p-1. The molecule has 86 valence electrons. The third kappa shape index (κ3) is 40.4. The fourth-order valence-corrected chi connectivity index (χ4v) is 0.840. The number of allylic oxidation sites excluding steroid dienone is 1. The molecule has 5 nitrogen and oxygen atoms in total. The van der Waals surface area contributed by atoms with Crippen molar-refractivity contribution in [2.45, 2.75) is 39.0 Å². The van der Waals surface area contributed by atoms with E-state index in [0.29, 0.717) is 5.82 Å². The van der Waals surface area contributed by atoms with Gasteiger partial charge in [-0.3, -0.25) is 0 Å². The normalized spacial score (nSPS) is 10.3. The van der Waals surface area contributed by atoms with Crippen LogP contribution in [0.15, 0.2) is 11.9 Å². The monoisotopic (exact) mass is 246 g/mol. The predicted molar refractivity (Wildman–Crippen MR) is 56.8 cm³/mol. The van der Waals surface area contributed by atoms with Gasteiger partial charge in [0.1, 0.15) is 0 Å². The van der Waals surface area contributed by atoms with E-state index in [2.05, 4.69) is 6.92 Å². The molecule has 1 atom stereocenters. The van der Waals surface area contributed by atoms with Crippen LogP contribution in [0.3, 0.4) is 0 Å². The van der Waals surface area contributed by atoms with Crippen molar-refractivity contribution in [3.8, 4) is 0 Å². The van der Waals surface area contributed by atoms with E-state index in [0.717, 1.165) is 6.42 Å². The van der Waals surface area contributed by atoms with E-state index in [9.17, 15) is 0 Å². The molecule has 0 amide bonds. The summed E-state index contributed by atoms with van der Waals surface area (Å²) in [7, 11) is 0. The molecule has 5 N–H and O–H groups in total. The van der Waals surface area contributed by atoms with Gasteiger partial charge >= 0.3 is 29.6 Å². The largest absolute Gasteiger partial charge is 1.00 e. The molecular weight excluding hydrogens is 227 g/mol. The quantitative estimate of drug-likeness (QED) is 0.297. The number of nitrogens with two attached hydrogens (primary N) is 2. The van der Waals surface area contributed by atoms with E-state index in [1.807, 2.05) is 6.08 Å². The van der Waals surface area contributed by atoms with Crippen LogP contribution in [0.25, 0.3) is 0 Å². The minimum Gasteiger partial charge on any atom is -0.750 e. The van der Waals surface area contributed by atoms with Crippen molar-refractivity contribution in [1.29, 1.82) is 0 Å². The van der Waals surface area contributed by atoms with Gasteiger partial charge in [-0.15, -0.1) is 0 Å². The second-order valence-corrected chi connectivity index (χ2v) is 3.20. The van der Waals surface area contributed by atoms with Crippen molar-refractivity contribution in [2.75, 3.05) is 0 Å². The summed E-state index contributed by atoms with van der Waals surface area (Å²) in [6.07, 6.45) is 8.02. The van der Waals surface area contributed by atoms with Crippen molar-refractivity contribution < 1.29 is 42.9 Å². The minimum absolute atomic E-state index is 0. The Balaban J connectivity index is -0.000000249. The first kappa shape index (κ1) is 20.8. The van der Waals surface area contributed by atoms with E-state index in [1.54, 1.807) is 0 Å². The Bertz CT molecular complexity index is 171. The molecule has 0 aliphatic heterocycles. The number of rotatable bonds is 5. The van der Waals surface area contributed by atoms with Crippen molar-refractivity contribution >= 4 is 11.4 Å². The molecule has 0 aromatic carbocycles. The summed E-state index contributed by atoms with van der Waals surface area (Å²) < 4.78 is 24.1. The van der Waals surface area contributed by atoms with Gasteiger partial charge in [0.2, 0.25) is 0 Å². The molecule has 0 rings (SSSR count). The molecule has 0 saturated heterocycles. The maximum atomic E-state index is 8.56. The van der Waals surface area contributed by atoms with Gasteiger partial charge in [0.05, 0.1) is 17.2 Å². The Morgan fingerprint density at radius 3 is 2.20 bits per heavy atom. The Morgan fingerprint density at radius 1 is 1.40 bits per heavy atom. The Hall–Kier alpha value is 0.410. The smallest absolute Gasteiger partial charge is 0.750 e.